The fourth-order valence-electron chi connectivity index (χ4n) is 4.88. The van der Waals surface area contributed by atoms with Gasteiger partial charge in [0.2, 0.25) is 0 Å². The second-order valence-electron chi connectivity index (χ2n) is 9.12. The zero-order valence-electron chi connectivity index (χ0n) is 19.8. The van der Waals surface area contributed by atoms with E-state index in [0.717, 1.165) is 30.2 Å². The molecule has 1 aliphatic carbocycles. The molecule has 2 aromatic heterocycles. The van der Waals surface area contributed by atoms with E-state index < -0.39 is 0 Å². The molecular formula is C27H24N6O2S. The highest BCUT2D eigenvalue weighted by molar-refractivity contribution is 7.13. The number of carbonyl (C=O) groups is 1. The third kappa shape index (κ3) is 3.80. The number of carbonyl (C=O) groups excluding carboxylic acids is 1. The van der Waals surface area contributed by atoms with Gasteiger partial charge in [-0.25, -0.2) is 9.67 Å². The van der Waals surface area contributed by atoms with Crippen LogP contribution in [0.5, 0.6) is 5.75 Å². The molecule has 1 amide bonds. The Kier molecular flexibility index (Phi) is 5.46. The molecule has 2 aromatic carbocycles. The number of methoxy groups -OCH3 is 1. The van der Waals surface area contributed by atoms with Crippen molar-refractivity contribution >= 4 is 28.1 Å². The summed E-state index contributed by atoms with van der Waals surface area (Å²) >= 11 is 1.61. The third-order valence-corrected chi connectivity index (χ3v) is 7.83. The van der Waals surface area contributed by atoms with E-state index in [1.165, 1.54) is 5.56 Å². The molecule has 1 N–H and O–H groups in total. The highest BCUT2D eigenvalue weighted by atomic mass is 32.1. The Morgan fingerprint density at radius 1 is 1.14 bits per heavy atom. The van der Waals surface area contributed by atoms with Crippen LogP contribution in [0.1, 0.15) is 40.2 Å². The maximum absolute atomic E-state index is 13.7. The summed E-state index contributed by atoms with van der Waals surface area (Å²) in [6.07, 6.45) is 4.65. The van der Waals surface area contributed by atoms with Gasteiger partial charge in [0.05, 0.1) is 12.8 Å². The highest BCUT2D eigenvalue weighted by Crippen LogP contribution is 2.48. The lowest BCUT2D eigenvalue weighted by atomic mass is 9.95. The van der Waals surface area contributed by atoms with Gasteiger partial charge in [-0.2, -0.15) is 10.4 Å². The monoisotopic (exact) mass is 496 g/mol. The van der Waals surface area contributed by atoms with E-state index in [2.05, 4.69) is 33.6 Å². The van der Waals surface area contributed by atoms with Gasteiger partial charge < -0.3 is 15.0 Å². The number of fused-ring (bicyclic) bond motifs is 1. The molecule has 0 radical (unpaired) electrons. The van der Waals surface area contributed by atoms with Crippen molar-refractivity contribution in [1.29, 1.82) is 5.26 Å². The molecular weight excluding hydrogens is 472 g/mol. The quantitative estimate of drug-likeness (QED) is 0.403. The van der Waals surface area contributed by atoms with Crippen LogP contribution in [-0.4, -0.2) is 40.9 Å². The van der Waals surface area contributed by atoms with Crippen LogP contribution in [0.25, 0.3) is 5.69 Å². The number of amides is 1. The lowest BCUT2D eigenvalue weighted by Crippen LogP contribution is -2.38. The summed E-state index contributed by atoms with van der Waals surface area (Å²) in [5.74, 6) is 0.559. The average Bonchev–Trinajstić information content (AvgIpc) is 3.34. The first-order valence-electron chi connectivity index (χ1n) is 11.8. The molecule has 2 aliphatic rings. The van der Waals surface area contributed by atoms with E-state index in [1.54, 1.807) is 28.0 Å². The Morgan fingerprint density at radius 2 is 1.89 bits per heavy atom. The zero-order chi connectivity index (χ0) is 24.7. The van der Waals surface area contributed by atoms with Crippen LogP contribution in [0, 0.1) is 11.3 Å². The maximum Gasteiger partial charge on any atom is 0.277 e. The number of rotatable bonds is 7. The lowest BCUT2D eigenvalue weighted by molar-refractivity contribution is 0.0973. The van der Waals surface area contributed by atoms with E-state index in [9.17, 15) is 10.1 Å². The molecule has 3 heterocycles. The smallest absolute Gasteiger partial charge is 0.277 e. The first-order valence-corrected chi connectivity index (χ1v) is 12.7. The molecule has 9 heteroatoms. The molecule has 0 unspecified atom stereocenters. The van der Waals surface area contributed by atoms with Gasteiger partial charge in [0.1, 0.15) is 17.5 Å². The number of hydrogen-bond acceptors (Lipinski definition) is 7. The van der Waals surface area contributed by atoms with Crippen molar-refractivity contribution < 1.29 is 9.53 Å². The van der Waals surface area contributed by atoms with Crippen molar-refractivity contribution in [3.63, 3.8) is 0 Å². The number of anilines is 2. The normalized spacial score (nSPS) is 15.8. The summed E-state index contributed by atoms with van der Waals surface area (Å²) in [5.41, 5.74) is 4.40. The van der Waals surface area contributed by atoms with Gasteiger partial charge in [-0.05, 0) is 61.2 Å². The maximum atomic E-state index is 13.7. The molecule has 4 aromatic rings. The molecule has 8 nitrogen and oxygen atoms in total. The number of thiazole rings is 1. The van der Waals surface area contributed by atoms with Crippen molar-refractivity contribution in [2.24, 2.45) is 0 Å². The van der Waals surface area contributed by atoms with Gasteiger partial charge in [-0.3, -0.25) is 4.79 Å². The number of aromatic nitrogens is 3. The fourth-order valence-corrected chi connectivity index (χ4v) is 5.40. The van der Waals surface area contributed by atoms with Gasteiger partial charge in [-0.1, -0.05) is 12.1 Å². The Labute approximate surface area is 212 Å². The number of hydrogen-bond donors (Lipinski definition) is 1. The molecule has 6 rings (SSSR count). The van der Waals surface area contributed by atoms with Crippen molar-refractivity contribution in [2.75, 3.05) is 30.4 Å². The van der Waals surface area contributed by atoms with Crippen molar-refractivity contribution in [1.82, 2.24) is 14.8 Å². The molecule has 0 spiro atoms. The summed E-state index contributed by atoms with van der Waals surface area (Å²) in [4.78, 5) is 19.8. The summed E-state index contributed by atoms with van der Waals surface area (Å²) in [5, 5.41) is 20.5. The predicted molar refractivity (Wildman–Crippen MR) is 138 cm³/mol. The van der Waals surface area contributed by atoms with Crippen LogP contribution in [0.15, 0.2) is 60.1 Å². The molecule has 36 heavy (non-hydrogen) atoms. The second-order valence-corrected chi connectivity index (χ2v) is 10.0. The standard InChI is InChI=1S/C27H24N6O2S/c1-35-21-8-6-20(7-9-21)33-24-22(23(16-28)31-33)10-14-32(25(24)34)19-4-2-18(3-5-19)27(11-12-27)17-30-26-29-13-15-36-26/h2-9,13,15H,10-12,14,17H2,1H3,(H,29,30). The number of benzene rings is 2. The molecule has 0 saturated heterocycles. The van der Waals surface area contributed by atoms with Crippen LogP contribution in [0.2, 0.25) is 0 Å². The molecule has 0 bridgehead atoms. The summed E-state index contributed by atoms with van der Waals surface area (Å²) in [6.45, 7) is 1.36. The molecule has 1 aliphatic heterocycles. The van der Waals surface area contributed by atoms with Gasteiger partial charge >= 0.3 is 0 Å². The largest absolute Gasteiger partial charge is 0.497 e. The summed E-state index contributed by atoms with van der Waals surface area (Å²) < 4.78 is 6.83. The minimum absolute atomic E-state index is 0.123. The van der Waals surface area contributed by atoms with Gasteiger partial charge in [0.25, 0.3) is 5.91 Å². The average molecular weight is 497 g/mol. The predicted octanol–water partition coefficient (Wildman–Crippen LogP) is 4.56. The van der Waals surface area contributed by atoms with Gasteiger partial charge in [-0.15, -0.1) is 11.3 Å². The van der Waals surface area contributed by atoms with E-state index in [1.807, 2.05) is 48.0 Å². The molecule has 180 valence electrons. The van der Waals surface area contributed by atoms with Crippen molar-refractivity contribution in [3.8, 4) is 17.5 Å². The van der Waals surface area contributed by atoms with Crippen LogP contribution < -0.4 is 15.0 Å². The van der Waals surface area contributed by atoms with Gasteiger partial charge in [0.15, 0.2) is 10.8 Å². The van der Waals surface area contributed by atoms with Crippen molar-refractivity contribution in [2.45, 2.75) is 24.7 Å². The van der Waals surface area contributed by atoms with Crippen LogP contribution in [0.3, 0.4) is 0 Å². The Balaban J connectivity index is 1.26. The number of ether oxygens (including phenoxy) is 1. The topological polar surface area (TPSA) is 96.1 Å². The number of nitrogens with zero attached hydrogens (tertiary/aromatic N) is 5. The van der Waals surface area contributed by atoms with Gasteiger partial charge in [0, 0.05) is 41.3 Å². The van der Waals surface area contributed by atoms with Crippen LogP contribution in [-0.2, 0) is 11.8 Å². The van der Waals surface area contributed by atoms with Crippen LogP contribution >= 0.6 is 11.3 Å². The number of nitriles is 1. The van der Waals surface area contributed by atoms with Crippen LogP contribution in [0.4, 0.5) is 10.8 Å². The summed E-state index contributed by atoms with van der Waals surface area (Å²) in [7, 11) is 1.60. The molecule has 1 saturated carbocycles. The molecule has 0 atom stereocenters. The van der Waals surface area contributed by atoms with E-state index in [-0.39, 0.29) is 11.3 Å². The highest BCUT2D eigenvalue weighted by Gasteiger charge is 2.44. The first kappa shape index (κ1) is 22.3. The summed E-state index contributed by atoms with van der Waals surface area (Å²) in [6, 6.07) is 17.8. The van der Waals surface area contributed by atoms with E-state index in [4.69, 9.17) is 4.74 Å². The SMILES string of the molecule is COc1ccc(-n2nc(C#N)c3c2C(=O)N(c2ccc(C4(CNc5nccs5)CC4)cc2)CC3)cc1. The zero-order valence-corrected chi connectivity index (χ0v) is 20.6. The van der Waals surface area contributed by atoms with E-state index in [0.29, 0.717) is 41.4 Å². The van der Waals surface area contributed by atoms with Crippen molar-refractivity contribution in [3.05, 3.63) is 82.6 Å². The molecule has 1 fully saturated rings. The minimum Gasteiger partial charge on any atom is -0.497 e. The second kappa shape index (κ2) is 8.81. The third-order valence-electron chi connectivity index (χ3n) is 7.09. The van der Waals surface area contributed by atoms with E-state index >= 15 is 0 Å². The first-order chi connectivity index (χ1) is 17.6. The Hall–Kier alpha value is -4.16. The fraction of sp³-hybridized carbons (Fsp3) is 0.259. The Bertz CT molecular complexity index is 1450. The minimum atomic E-state index is -0.152. The Morgan fingerprint density at radius 3 is 2.53 bits per heavy atom. The lowest BCUT2D eigenvalue weighted by Gasteiger charge is -2.28. The number of nitrogens with one attached hydrogen (secondary N) is 1.